The number of carboxylic acids is 1. The Labute approximate surface area is 219 Å². The van der Waals surface area contributed by atoms with Crippen molar-refractivity contribution in [3.05, 3.63) is 59.3 Å². The maximum Gasteiger partial charge on any atom is 0.326 e. The van der Waals surface area contributed by atoms with Gasteiger partial charge in [-0.2, -0.15) is 0 Å². The number of anilines is 1. The van der Waals surface area contributed by atoms with Crippen LogP contribution in [0.25, 0.3) is 0 Å². The lowest BCUT2D eigenvalue weighted by Crippen LogP contribution is -2.48. The van der Waals surface area contributed by atoms with E-state index in [-0.39, 0.29) is 12.0 Å². The summed E-state index contributed by atoms with van der Waals surface area (Å²) in [5.74, 6) is -0.223. The van der Waals surface area contributed by atoms with Gasteiger partial charge in [-0.05, 0) is 49.3 Å². The number of aryl methyl sites for hydroxylation is 1. The normalized spacial score (nSPS) is 18.6. The van der Waals surface area contributed by atoms with E-state index in [9.17, 15) is 14.7 Å². The molecule has 0 radical (unpaired) electrons. The Balaban J connectivity index is 1.18. The standard InChI is InChI=1S/C29H40N4O4/c1-29(2,19-21-7-4-3-5-8-21)28(36)32-25(27(34)35)13-17-33-16-12-24(20-33)37-18-14-23-11-10-22-9-6-15-30-26(22)31-23/h3-5,7-8,10-11,24-25H,6,9,12-20H2,1-2H3,(H,30,31)(H,32,36)(H,34,35)/t24-,25?/m1/s1. The molecule has 2 aromatic rings. The summed E-state index contributed by atoms with van der Waals surface area (Å²) < 4.78 is 6.11. The number of carbonyl (C=O) groups is 2. The predicted octanol–water partition coefficient (Wildman–Crippen LogP) is 3.30. The van der Waals surface area contributed by atoms with Gasteiger partial charge < -0.3 is 25.4 Å². The smallest absolute Gasteiger partial charge is 0.326 e. The number of pyridine rings is 1. The van der Waals surface area contributed by atoms with Crippen molar-refractivity contribution in [2.75, 3.05) is 38.1 Å². The lowest BCUT2D eigenvalue weighted by atomic mass is 9.84. The number of carbonyl (C=O) groups excluding carboxylic acids is 1. The molecule has 2 aliphatic heterocycles. The molecule has 1 fully saturated rings. The van der Waals surface area contributed by atoms with Gasteiger partial charge in [0.2, 0.25) is 5.91 Å². The van der Waals surface area contributed by atoms with Gasteiger partial charge in [0.15, 0.2) is 0 Å². The van der Waals surface area contributed by atoms with Crippen molar-refractivity contribution < 1.29 is 19.4 Å². The fourth-order valence-corrected chi connectivity index (χ4v) is 5.08. The zero-order valence-electron chi connectivity index (χ0n) is 22.0. The molecule has 1 unspecified atom stereocenters. The molecule has 8 heteroatoms. The van der Waals surface area contributed by atoms with E-state index in [1.54, 1.807) is 0 Å². The number of nitrogens with zero attached hydrogens (tertiary/aromatic N) is 2. The Morgan fingerprint density at radius 3 is 2.84 bits per heavy atom. The minimum Gasteiger partial charge on any atom is -0.480 e. The van der Waals surface area contributed by atoms with Crippen LogP contribution in [0.1, 0.15) is 49.9 Å². The lowest BCUT2D eigenvalue weighted by Gasteiger charge is -2.27. The Bertz CT molecular complexity index is 1060. The Kier molecular flexibility index (Phi) is 9.16. The van der Waals surface area contributed by atoms with E-state index in [4.69, 9.17) is 9.72 Å². The van der Waals surface area contributed by atoms with Crippen molar-refractivity contribution in [1.82, 2.24) is 15.2 Å². The summed E-state index contributed by atoms with van der Waals surface area (Å²) in [5.41, 5.74) is 2.68. The molecule has 1 saturated heterocycles. The van der Waals surface area contributed by atoms with Crippen molar-refractivity contribution in [1.29, 1.82) is 0 Å². The Hall–Kier alpha value is -2.97. The Morgan fingerprint density at radius 1 is 1.24 bits per heavy atom. The number of benzene rings is 1. The second kappa shape index (κ2) is 12.5. The van der Waals surface area contributed by atoms with Crippen LogP contribution >= 0.6 is 0 Å². The van der Waals surface area contributed by atoms with Crippen LogP contribution in [-0.4, -0.2) is 71.8 Å². The van der Waals surface area contributed by atoms with Gasteiger partial charge in [-0.15, -0.1) is 0 Å². The molecule has 1 aromatic carbocycles. The molecule has 1 amide bonds. The van der Waals surface area contributed by atoms with E-state index in [0.29, 0.717) is 26.0 Å². The van der Waals surface area contributed by atoms with E-state index in [0.717, 1.165) is 62.4 Å². The summed E-state index contributed by atoms with van der Waals surface area (Å²) in [6.45, 7) is 7.56. The van der Waals surface area contributed by atoms with Crippen LogP contribution < -0.4 is 10.6 Å². The number of carboxylic acid groups (broad SMARTS) is 1. The highest BCUT2D eigenvalue weighted by molar-refractivity contribution is 5.87. The van der Waals surface area contributed by atoms with Crippen molar-refractivity contribution in [3.8, 4) is 0 Å². The third-order valence-corrected chi connectivity index (χ3v) is 7.33. The van der Waals surface area contributed by atoms with Gasteiger partial charge in [-0.3, -0.25) is 4.79 Å². The van der Waals surface area contributed by atoms with Gasteiger partial charge in [0.1, 0.15) is 11.9 Å². The number of hydrogen-bond acceptors (Lipinski definition) is 6. The van der Waals surface area contributed by atoms with Crippen LogP contribution in [0.2, 0.25) is 0 Å². The molecule has 0 saturated carbocycles. The summed E-state index contributed by atoms with van der Waals surface area (Å²) in [4.78, 5) is 31.8. The topological polar surface area (TPSA) is 104 Å². The van der Waals surface area contributed by atoms with Crippen molar-refractivity contribution in [2.24, 2.45) is 5.41 Å². The second-order valence-electron chi connectivity index (χ2n) is 10.9. The highest BCUT2D eigenvalue weighted by Gasteiger charge is 2.32. The van der Waals surface area contributed by atoms with Crippen LogP contribution in [0.5, 0.6) is 0 Å². The highest BCUT2D eigenvalue weighted by atomic mass is 16.5. The number of hydrogen-bond donors (Lipinski definition) is 3. The first-order chi connectivity index (χ1) is 17.8. The van der Waals surface area contributed by atoms with Crippen LogP contribution in [0.3, 0.4) is 0 Å². The molecule has 3 heterocycles. The van der Waals surface area contributed by atoms with Crippen LogP contribution in [0.4, 0.5) is 5.82 Å². The van der Waals surface area contributed by atoms with Gasteiger partial charge in [-0.1, -0.05) is 50.2 Å². The monoisotopic (exact) mass is 508 g/mol. The number of fused-ring (bicyclic) bond motifs is 1. The highest BCUT2D eigenvalue weighted by Crippen LogP contribution is 2.23. The minimum absolute atomic E-state index is 0.137. The molecule has 200 valence electrons. The van der Waals surface area contributed by atoms with Gasteiger partial charge >= 0.3 is 5.97 Å². The first-order valence-electron chi connectivity index (χ1n) is 13.4. The maximum atomic E-state index is 12.9. The summed E-state index contributed by atoms with van der Waals surface area (Å²) >= 11 is 0. The molecular formula is C29H40N4O4. The molecule has 0 spiro atoms. The number of aliphatic carboxylic acids is 1. The summed E-state index contributed by atoms with van der Waals surface area (Å²) in [6.07, 6.45) is 4.99. The van der Waals surface area contributed by atoms with Crippen LogP contribution in [0.15, 0.2) is 42.5 Å². The molecule has 1 aromatic heterocycles. The number of amides is 1. The quantitative estimate of drug-likeness (QED) is 0.404. The minimum atomic E-state index is -0.997. The number of nitrogens with one attached hydrogen (secondary N) is 2. The molecule has 8 nitrogen and oxygen atoms in total. The third-order valence-electron chi connectivity index (χ3n) is 7.33. The van der Waals surface area contributed by atoms with E-state index < -0.39 is 17.4 Å². The van der Waals surface area contributed by atoms with E-state index in [1.807, 2.05) is 44.2 Å². The first-order valence-corrected chi connectivity index (χ1v) is 13.4. The average molecular weight is 509 g/mol. The fourth-order valence-electron chi connectivity index (χ4n) is 5.08. The SMILES string of the molecule is CC(C)(Cc1ccccc1)C(=O)NC(CCN1CC[C@@H](OCCc2ccc3c(n2)NCCC3)C1)C(=O)O. The summed E-state index contributed by atoms with van der Waals surface area (Å²) in [6, 6.07) is 13.1. The summed E-state index contributed by atoms with van der Waals surface area (Å²) in [5, 5.41) is 15.9. The Morgan fingerprint density at radius 2 is 2.05 bits per heavy atom. The molecule has 3 N–H and O–H groups in total. The van der Waals surface area contributed by atoms with Crippen LogP contribution in [-0.2, 0) is 33.6 Å². The molecule has 2 atom stereocenters. The van der Waals surface area contributed by atoms with Gasteiger partial charge in [0.05, 0.1) is 12.7 Å². The van der Waals surface area contributed by atoms with Crippen molar-refractivity contribution in [2.45, 2.75) is 64.5 Å². The van der Waals surface area contributed by atoms with Crippen molar-refractivity contribution >= 4 is 17.7 Å². The van der Waals surface area contributed by atoms with E-state index in [1.165, 1.54) is 5.56 Å². The zero-order chi connectivity index (χ0) is 26.3. The maximum absolute atomic E-state index is 12.9. The number of rotatable bonds is 12. The molecular weight excluding hydrogens is 468 g/mol. The third kappa shape index (κ3) is 7.76. The van der Waals surface area contributed by atoms with E-state index >= 15 is 0 Å². The van der Waals surface area contributed by atoms with Crippen molar-refractivity contribution in [3.63, 3.8) is 0 Å². The molecule has 0 aliphatic carbocycles. The summed E-state index contributed by atoms with van der Waals surface area (Å²) in [7, 11) is 0. The molecule has 37 heavy (non-hydrogen) atoms. The van der Waals surface area contributed by atoms with E-state index in [2.05, 4.69) is 27.7 Å². The first kappa shape index (κ1) is 27.1. The average Bonchev–Trinajstić information content (AvgIpc) is 3.34. The largest absolute Gasteiger partial charge is 0.480 e. The number of aromatic nitrogens is 1. The van der Waals surface area contributed by atoms with Gasteiger partial charge in [0.25, 0.3) is 0 Å². The predicted molar refractivity (Wildman–Crippen MR) is 144 cm³/mol. The van der Waals surface area contributed by atoms with Gasteiger partial charge in [0, 0.05) is 43.7 Å². The van der Waals surface area contributed by atoms with Gasteiger partial charge in [-0.25, -0.2) is 9.78 Å². The molecule has 2 aliphatic rings. The lowest BCUT2D eigenvalue weighted by molar-refractivity contribution is -0.143. The van der Waals surface area contributed by atoms with Crippen LogP contribution in [0, 0.1) is 5.41 Å². The number of ether oxygens (including phenoxy) is 1. The fraction of sp³-hybridized carbons (Fsp3) is 0.552. The zero-order valence-corrected chi connectivity index (χ0v) is 22.0. The second-order valence-corrected chi connectivity index (χ2v) is 10.9. The molecule has 0 bridgehead atoms. The molecule has 4 rings (SSSR count). The number of likely N-dealkylation sites (tertiary alicyclic amines) is 1.